The maximum Gasteiger partial charge on any atom is 0.259 e. The Labute approximate surface area is 196 Å². The first-order valence-corrected chi connectivity index (χ1v) is 10.7. The van der Waals surface area contributed by atoms with E-state index in [0.717, 1.165) is 67.8 Å². The third kappa shape index (κ3) is 5.48. The van der Waals surface area contributed by atoms with Crippen LogP contribution in [0, 0.1) is 0 Å². The Kier molecular flexibility index (Phi) is 9.26. The van der Waals surface area contributed by atoms with Crippen LogP contribution < -0.4 is 24.6 Å². The van der Waals surface area contributed by atoms with Crippen molar-refractivity contribution in [2.75, 3.05) is 76.2 Å². The molecule has 1 aromatic heterocycles. The van der Waals surface area contributed by atoms with Crippen molar-refractivity contribution >= 4 is 35.5 Å². The SMILES string of the molecule is CCCNc1ccnc(N2CCN(c3ccc(OC)cc3OC)CC2)c1C(=O)N(C)C.Cl. The molecule has 0 saturated carbocycles. The van der Waals surface area contributed by atoms with Gasteiger partial charge in [-0.15, -0.1) is 12.4 Å². The molecule has 0 aliphatic carbocycles. The number of nitrogens with one attached hydrogen (secondary N) is 1. The number of carbonyl (C=O) groups excluding carboxylic acids is 1. The highest BCUT2D eigenvalue weighted by Crippen LogP contribution is 2.34. The fraction of sp³-hybridized carbons (Fsp3) is 0.478. The van der Waals surface area contributed by atoms with Gasteiger partial charge in [-0.25, -0.2) is 4.98 Å². The predicted octanol–water partition coefficient (Wildman–Crippen LogP) is 3.37. The molecule has 2 aromatic rings. The lowest BCUT2D eigenvalue weighted by molar-refractivity contribution is 0.0828. The maximum atomic E-state index is 13.0. The van der Waals surface area contributed by atoms with Crippen LogP contribution in [-0.4, -0.2) is 76.8 Å². The van der Waals surface area contributed by atoms with Crippen LogP contribution in [0.15, 0.2) is 30.5 Å². The fourth-order valence-electron chi connectivity index (χ4n) is 3.74. The Bertz CT molecular complexity index is 901. The number of ether oxygens (including phenoxy) is 2. The van der Waals surface area contributed by atoms with E-state index in [-0.39, 0.29) is 18.3 Å². The number of hydrogen-bond acceptors (Lipinski definition) is 7. The molecule has 1 N–H and O–H groups in total. The van der Waals surface area contributed by atoms with Gasteiger partial charge in [0.1, 0.15) is 22.9 Å². The topological polar surface area (TPSA) is 70.2 Å². The highest BCUT2D eigenvalue weighted by molar-refractivity contribution is 6.04. The molecule has 9 heteroatoms. The Hall–Kier alpha value is -2.87. The first-order valence-electron chi connectivity index (χ1n) is 10.7. The van der Waals surface area contributed by atoms with E-state index in [1.165, 1.54) is 0 Å². The number of aromatic nitrogens is 1. The molecule has 1 aromatic carbocycles. The number of rotatable bonds is 8. The summed E-state index contributed by atoms with van der Waals surface area (Å²) in [5.74, 6) is 2.26. The number of pyridine rings is 1. The van der Waals surface area contributed by atoms with Crippen LogP contribution in [0.3, 0.4) is 0 Å². The van der Waals surface area contributed by atoms with Gasteiger partial charge in [0.25, 0.3) is 5.91 Å². The van der Waals surface area contributed by atoms with E-state index in [0.29, 0.717) is 5.56 Å². The lowest BCUT2D eigenvalue weighted by Crippen LogP contribution is -2.47. The number of benzene rings is 1. The summed E-state index contributed by atoms with van der Waals surface area (Å²) in [5, 5.41) is 3.39. The molecule has 176 valence electrons. The molecule has 1 amide bonds. The maximum absolute atomic E-state index is 13.0. The predicted molar refractivity (Wildman–Crippen MR) is 132 cm³/mol. The first-order chi connectivity index (χ1) is 15.0. The lowest BCUT2D eigenvalue weighted by Gasteiger charge is -2.38. The first kappa shape index (κ1) is 25.4. The summed E-state index contributed by atoms with van der Waals surface area (Å²) < 4.78 is 10.9. The van der Waals surface area contributed by atoms with E-state index in [2.05, 4.69) is 27.0 Å². The van der Waals surface area contributed by atoms with Gasteiger partial charge in [-0.1, -0.05) is 6.92 Å². The van der Waals surface area contributed by atoms with Gasteiger partial charge < -0.3 is 29.5 Å². The molecule has 8 nitrogen and oxygen atoms in total. The van der Waals surface area contributed by atoms with Crippen LogP contribution in [0.5, 0.6) is 11.5 Å². The van der Waals surface area contributed by atoms with Crippen molar-refractivity contribution in [2.24, 2.45) is 0 Å². The van der Waals surface area contributed by atoms with Gasteiger partial charge >= 0.3 is 0 Å². The Morgan fingerprint density at radius 3 is 2.38 bits per heavy atom. The van der Waals surface area contributed by atoms with Crippen molar-refractivity contribution in [1.82, 2.24) is 9.88 Å². The zero-order valence-corrected chi connectivity index (χ0v) is 20.4. The summed E-state index contributed by atoms with van der Waals surface area (Å²) in [6.07, 6.45) is 2.76. The van der Waals surface area contributed by atoms with E-state index in [1.807, 2.05) is 24.3 Å². The van der Waals surface area contributed by atoms with E-state index in [9.17, 15) is 4.79 Å². The average molecular weight is 464 g/mol. The Morgan fingerprint density at radius 2 is 1.78 bits per heavy atom. The Morgan fingerprint density at radius 1 is 1.09 bits per heavy atom. The fourth-order valence-corrected chi connectivity index (χ4v) is 3.74. The van der Waals surface area contributed by atoms with Gasteiger partial charge in [-0.2, -0.15) is 0 Å². The molecular formula is C23H34ClN5O3. The molecule has 0 atom stereocenters. The quantitative estimate of drug-likeness (QED) is 0.643. The molecule has 0 radical (unpaired) electrons. The van der Waals surface area contributed by atoms with Crippen LogP contribution in [0.2, 0.25) is 0 Å². The third-order valence-corrected chi connectivity index (χ3v) is 5.42. The minimum Gasteiger partial charge on any atom is -0.497 e. The number of methoxy groups -OCH3 is 2. The van der Waals surface area contributed by atoms with E-state index < -0.39 is 0 Å². The van der Waals surface area contributed by atoms with Crippen LogP contribution >= 0.6 is 12.4 Å². The number of nitrogens with zero attached hydrogens (tertiary/aromatic N) is 4. The zero-order chi connectivity index (χ0) is 22.4. The third-order valence-electron chi connectivity index (χ3n) is 5.42. The van der Waals surface area contributed by atoms with Crippen LogP contribution in [0.4, 0.5) is 17.2 Å². The largest absolute Gasteiger partial charge is 0.497 e. The van der Waals surface area contributed by atoms with E-state index >= 15 is 0 Å². The molecule has 2 heterocycles. The highest BCUT2D eigenvalue weighted by atomic mass is 35.5. The second-order valence-electron chi connectivity index (χ2n) is 7.70. The molecule has 1 saturated heterocycles. The van der Waals surface area contributed by atoms with Gasteiger partial charge in [-0.3, -0.25) is 4.79 Å². The monoisotopic (exact) mass is 463 g/mol. The van der Waals surface area contributed by atoms with Crippen molar-refractivity contribution in [3.8, 4) is 11.5 Å². The van der Waals surface area contributed by atoms with Crippen LogP contribution in [0.1, 0.15) is 23.7 Å². The second-order valence-corrected chi connectivity index (χ2v) is 7.70. The van der Waals surface area contributed by atoms with Gasteiger partial charge in [0.05, 0.1) is 25.6 Å². The van der Waals surface area contributed by atoms with Crippen LogP contribution in [-0.2, 0) is 0 Å². The number of anilines is 3. The number of halogens is 1. The standard InChI is InChI=1S/C23H33N5O3.ClH/c1-6-10-24-18-9-11-25-22(21(18)23(29)26(2)3)28-14-12-27(13-15-28)19-8-7-17(30-4)16-20(19)31-5;/h7-9,11,16H,6,10,12-15H2,1-5H3,(H,24,25);1H. The molecule has 1 fully saturated rings. The van der Waals surface area contributed by atoms with Gasteiger partial charge in [0.15, 0.2) is 0 Å². The van der Waals surface area contributed by atoms with E-state index in [4.69, 9.17) is 9.47 Å². The molecular weight excluding hydrogens is 430 g/mol. The number of carbonyl (C=O) groups is 1. The molecule has 1 aliphatic heterocycles. The molecule has 0 bridgehead atoms. The van der Waals surface area contributed by atoms with Gasteiger partial charge in [0, 0.05) is 59.1 Å². The van der Waals surface area contributed by atoms with Crippen molar-refractivity contribution in [2.45, 2.75) is 13.3 Å². The van der Waals surface area contributed by atoms with Crippen molar-refractivity contribution in [3.05, 3.63) is 36.0 Å². The smallest absolute Gasteiger partial charge is 0.259 e. The highest BCUT2D eigenvalue weighted by Gasteiger charge is 2.27. The second kappa shape index (κ2) is 11.7. The molecule has 3 rings (SSSR count). The van der Waals surface area contributed by atoms with Crippen molar-refractivity contribution in [1.29, 1.82) is 0 Å². The van der Waals surface area contributed by atoms with Crippen molar-refractivity contribution < 1.29 is 14.3 Å². The minimum atomic E-state index is -0.0408. The number of piperazine rings is 1. The summed E-state index contributed by atoms with van der Waals surface area (Å²) in [6.45, 7) is 6.02. The summed E-state index contributed by atoms with van der Waals surface area (Å²) in [5.41, 5.74) is 2.51. The molecule has 1 aliphatic rings. The summed E-state index contributed by atoms with van der Waals surface area (Å²) in [4.78, 5) is 23.7. The lowest BCUT2D eigenvalue weighted by atomic mass is 10.1. The summed E-state index contributed by atoms with van der Waals surface area (Å²) in [7, 11) is 6.87. The van der Waals surface area contributed by atoms with E-state index in [1.54, 1.807) is 39.4 Å². The zero-order valence-electron chi connectivity index (χ0n) is 19.6. The number of hydrogen-bond donors (Lipinski definition) is 1. The minimum absolute atomic E-state index is 0. The van der Waals surface area contributed by atoms with Crippen molar-refractivity contribution in [3.63, 3.8) is 0 Å². The normalized spacial score (nSPS) is 13.3. The Balaban J connectivity index is 0.00000363. The van der Waals surface area contributed by atoms with Gasteiger partial charge in [-0.05, 0) is 24.6 Å². The van der Waals surface area contributed by atoms with Gasteiger partial charge in [0.2, 0.25) is 0 Å². The molecule has 0 spiro atoms. The number of amides is 1. The van der Waals surface area contributed by atoms with Crippen LogP contribution in [0.25, 0.3) is 0 Å². The summed E-state index contributed by atoms with van der Waals surface area (Å²) in [6, 6.07) is 7.76. The molecule has 32 heavy (non-hydrogen) atoms. The molecule has 0 unspecified atom stereocenters. The summed E-state index contributed by atoms with van der Waals surface area (Å²) >= 11 is 0. The average Bonchev–Trinajstić information content (AvgIpc) is 2.81.